The van der Waals surface area contributed by atoms with Crippen molar-refractivity contribution in [2.75, 3.05) is 23.0 Å². The number of nitrogens with two attached hydrogens (primary N) is 2. The predicted molar refractivity (Wildman–Crippen MR) is 108 cm³/mol. The summed E-state index contributed by atoms with van der Waals surface area (Å²) in [6.45, 7) is 1.85. The van der Waals surface area contributed by atoms with Crippen LogP contribution in [0.5, 0.6) is 0 Å². The van der Waals surface area contributed by atoms with Gasteiger partial charge in [-0.2, -0.15) is 0 Å². The van der Waals surface area contributed by atoms with Crippen molar-refractivity contribution in [3.63, 3.8) is 0 Å². The molecule has 2 atom stereocenters. The highest BCUT2D eigenvalue weighted by Gasteiger charge is 2.31. The number of rotatable bonds is 8. The van der Waals surface area contributed by atoms with E-state index in [2.05, 4.69) is 25.9 Å². The molecule has 1 amide bonds. The van der Waals surface area contributed by atoms with Gasteiger partial charge in [0.15, 0.2) is 23.3 Å². The van der Waals surface area contributed by atoms with Crippen LogP contribution in [0.3, 0.4) is 0 Å². The third kappa shape index (κ3) is 4.53. The fraction of sp³-hybridized carbons (Fsp3) is 0.421. The van der Waals surface area contributed by atoms with Gasteiger partial charge in [0.25, 0.3) is 5.91 Å². The predicted octanol–water partition coefficient (Wildman–Crippen LogP) is 2.57. The van der Waals surface area contributed by atoms with Crippen molar-refractivity contribution >= 4 is 29.0 Å². The standard InChI is InChI=1S/C19H25F2N7O/c1-9(22)15(10-4-3-5-10)27-19-14(21)7-12(16(23)29)17(28-19)26-11-6-13(20)18(24-2)25-8-11/h6-10,15H,3-5,22H2,1-2H3,(H2,23,29)(H,24,25)(H2,26,27,28)/t9-,15-/m0/s1. The highest BCUT2D eigenvalue weighted by atomic mass is 19.1. The van der Waals surface area contributed by atoms with Gasteiger partial charge in [-0.25, -0.2) is 18.7 Å². The summed E-state index contributed by atoms with van der Waals surface area (Å²) in [6, 6.07) is 1.80. The lowest BCUT2D eigenvalue weighted by atomic mass is 9.77. The van der Waals surface area contributed by atoms with Crippen LogP contribution in [-0.2, 0) is 0 Å². The lowest BCUT2D eigenvalue weighted by Gasteiger charge is -2.37. The minimum atomic E-state index is -0.867. The van der Waals surface area contributed by atoms with Gasteiger partial charge >= 0.3 is 0 Å². The molecule has 156 valence electrons. The molecule has 0 radical (unpaired) electrons. The van der Waals surface area contributed by atoms with Gasteiger partial charge in [0, 0.05) is 25.2 Å². The molecule has 0 saturated heterocycles. The zero-order chi connectivity index (χ0) is 21.1. The maximum absolute atomic E-state index is 14.6. The van der Waals surface area contributed by atoms with Gasteiger partial charge in [-0.05, 0) is 31.7 Å². The number of halogens is 2. The van der Waals surface area contributed by atoms with E-state index in [0.29, 0.717) is 5.92 Å². The monoisotopic (exact) mass is 405 g/mol. The summed E-state index contributed by atoms with van der Waals surface area (Å²) >= 11 is 0. The summed E-state index contributed by atoms with van der Waals surface area (Å²) in [4.78, 5) is 19.9. The topological polar surface area (TPSA) is 131 Å². The lowest BCUT2D eigenvalue weighted by Crippen LogP contribution is -2.46. The summed E-state index contributed by atoms with van der Waals surface area (Å²) in [7, 11) is 1.54. The third-order valence-corrected chi connectivity index (χ3v) is 5.11. The van der Waals surface area contributed by atoms with Crippen molar-refractivity contribution in [2.45, 2.75) is 38.3 Å². The van der Waals surface area contributed by atoms with Crippen LogP contribution in [0.15, 0.2) is 18.3 Å². The zero-order valence-corrected chi connectivity index (χ0v) is 16.3. The molecule has 0 aromatic carbocycles. The largest absolute Gasteiger partial charge is 0.371 e. The Morgan fingerprint density at radius 3 is 2.41 bits per heavy atom. The van der Waals surface area contributed by atoms with Crippen molar-refractivity contribution < 1.29 is 13.6 Å². The molecule has 0 spiro atoms. The molecule has 1 aliphatic rings. The van der Waals surface area contributed by atoms with Gasteiger partial charge in [-0.15, -0.1) is 0 Å². The number of nitrogens with one attached hydrogen (secondary N) is 3. The van der Waals surface area contributed by atoms with Crippen molar-refractivity contribution in [3.8, 4) is 0 Å². The number of anilines is 4. The molecule has 0 unspecified atom stereocenters. The van der Waals surface area contributed by atoms with Gasteiger partial charge in [0.1, 0.15) is 5.82 Å². The Morgan fingerprint density at radius 2 is 1.90 bits per heavy atom. The van der Waals surface area contributed by atoms with Gasteiger partial charge in [-0.1, -0.05) is 6.42 Å². The average Bonchev–Trinajstić information content (AvgIpc) is 2.61. The van der Waals surface area contributed by atoms with Gasteiger partial charge < -0.3 is 27.4 Å². The van der Waals surface area contributed by atoms with Crippen LogP contribution in [0.4, 0.5) is 31.9 Å². The molecule has 1 aliphatic carbocycles. The van der Waals surface area contributed by atoms with E-state index in [0.717, 1.165) is 25.3 Å². The lowest BCUT2D eigenvalue weighted by molar-refractivity contribution is 0.100. The number of carbonyl (C=O) groups is 1. The number of carbonyl (C=O) groups excluding carboxylic acids is 1. The maximum Gasteiger partial charge on any atom is 0.252 e. The Labute approximate surface area is 167 Å². The maximum atomic E-state index is 14.6. The summed E-state index contributed by atoms with van der Waals surface area (Å²) in [5, 5.41) is 8.47. The molecule has 3 rings (SSSR count). The van der Waals surface area contributed by atoms with E-state index in [-0.39, 0.29) is 40.8 Å². The van der Waals surface area contributed by atoms with Crippen molar-refractivity contribution in [3.05, 3.63) is 35.5 Å². The first-order chi connectivity index (χ1) is 13.8. The number of hydrogen-bond donors (Lipinski definition) is 5. The van der Waals surface area contributed by atoms with Crippen LogP contribution >= 0.6 is 0 Å². The van der Waals surface area contributed by atoms with Crippen LogP contribution in [0.25, 0.3) is 0 Å². The highest BCUT2D eigenvalue weighted by Crippen LogP contribution is 2.33. The molecule has 1 fully saturated rings. The molecule has 1 saturated carbocycles. The van der Waals surface area contributed by atoms with Gasteiger partial charge in [0.2, 0.25) is 0 Å². The van der Waals surface area contributed by atoms with Crippen molar-refractivity contribution in [2.24, 2.45) is 17.4 Å². The zero-order valence-electron chi connectivity index (χ0n) is 16.3. The Bertz CT molecular complexity index is 902. The second kappa shape index (κ2) is 8.56. The number of aromatic nitrogens is 2. The molecule has 2 aromatic rings. The Balaban J connectivity index is 1.93. The molecule has 0 aliphatic heterocycles. The van der Waals surface area contributed by atoms with Crippen molar-refractivity contribution in [1.82, 2.24) is 9.97 Å². The molecule has 2 aromatic heterocycles. The van der Waals surface area contributed by atoms with E-state index in [1.165, 1.54) is 12.3 Å². The molecular formula is C19H25F2N7O. The SMILES string of the molecule is CNc1ncc(Nc2nc(N[C@H](C3CCC3)[C@H](C)N)c(F)cc2C(N)=O)cc1F. The summed E-state index contributed by atoms with van der Waals surface area (Å²) in [5.41, 5.74) is 11.5. The van der Waals surface area contributed by atoms with Crippen LogP contribution < -0.4 is 27.4 Å². The number of hydrogen-bond acceptors (Lipinski definition) is 7. The Morgan fingerprint density at radius 1 is 1.21 bits per heavy atom. The van der Waals surface area contributed by atoms with E-state index in [4.69, 9.17) is 11.5 Å². The van der Waals surface area contributed by atoms with E-state index in [1.54, 1.807) is 7.05 Å². The Kier molecular flexibility index (Phi) is 6.12. The van der Waals surface area contributed by atoms with E-state index in [9.17, 15) is 13.6 Å². The number of primary amides is 1. The molecule has 7 N–H and O–H groups in total. The molecule has 10 heteroatoms. The highest BCUT2D eigenvalue weighted by molar-refractivity contribution is 5.98. The number of nitrogens with zero attached hydrogens (tertiary/aromatic N) is 2. The first-order valence-electron chi connectivity index (χ1n) is 9.43. The van der Waals surface area contributed by atoms with Crippen molar-refractivity contribution in [1.29, 1.82) is 0 Å². The Hall–Kier alpha value is -3.01. The minimum Gasteiger partial charge on any atom is -0.371 e. The fourth-order valence-corrected chi connectivity index (χ4v) is 3.34. The summed E-state index contributed by atoms with van der Waals surface area (Å²) < 4.78 is 28.6. The number of pyridine rings is 2. The summed E-state index contributed by atoms with van der Waals surface area (Å²) in [5.74, 6) is -1.83. The second-order valence-corrected chi connectivity index (χ2v) is 7.23. The van der Waals surface area contributed by atoms with Gasteiger partial charge in [0.05, 0.1) is 17.4 Å². The molecule has 8 nitrogen and oxygen atoms in total. The van der Waals surface area contributed by atoms with Crippen LogP contribution in [-0.4, -0.2) is 35.0 Å². The summed E-state index contributed by atoms with van der Waals surface area (Å²) in [6.07, 6.45) is 4.49. The normalized spacial score (nSPS) is 15.9. The molecule has 0 bridgehead atoms. The van der Waals surface area contributed by atoms with Crippen LogP contribution in [0, 0.1) is 17.6 Å². The average molecular weight is 405 g/mol. The van der Waals surface area contributed by atoms with E-state index in [1.807, 2.05) is 6.92 Å². The quantitative estimate of drug-likeness (QED) is 0.456. The second-order valence-electron chi connectivity index (χ2n) is 7.23. The third-order valence-electron chi connectivity index (χ3n) is 5.11. The van der Waals surface area contributed by atoms with E-state index < -0.39 is 17.5 Å². The van der Waals surface area contributed by atoms with Gasteiger partial charge in [-0.3, -0.25) is 4.79 Å². The molecular weight excluding hydrogens is 380 g/mol. The molecule has 2 heterocycles. The minimum absolute atomic E-state index is 0.00292. The van der Waals surface area contributed by atoms with E-state index >= 15 is 0 Å². The first kappa shape index (κ1) is 20.7. The smallest absolute Gasteiger partial charge is 0.252 e. The fourth-order valence-electron chi connectivity index (χ4n) is 3.34. The van der Waals surface area contributed by atoms with Crippen LogP contribution in [0.1, 0.15) is 36.5 Å². The number of amides is 1. The first-order valence-corrected chi connectivity index (χ1v) is 9.43. The van der Waals surface area contributed by atoms with Crippen LogP contribution in [0.2, 0.25) is 0 Å². The molecule has 29 heavy (non-hydrogen) atoms.